The van der Waals surface area contributed by atoms with Crippen LogP contribution in [0.15, 0.2) is 12.1 Å². The largest absolute Gasteiger partial charge is 0.392 e. The quantitative estimate of drug-likeness (QED) is 0.652. The predicted octanol–water partition coefficient (Wildman–Crippen LogP) is 1.81. The minimum Gasteiger partial charge on any atom is -0.392 e. The van der Waals surface area contributed by atoms with Crippen molar-refractivity contribution in [1.29, 1.82) is 0 Å². The molecular weight excluding hydrogens is 143 g/mol. The molecule has 0 saturated heterocycles. The van der Waals surface area contributed by atoms with Crippen LogP contribution in [0.2, 0.25) is 0 Å². The lowest BCUT2D eigenvalue weighted by Gasteiger charge is -2.05. The van der Waals surface area contributed by atoms with Crippen LogP contribution in [-0.2, 0) is 6.61 Å². The Hall–Kier alpha value is -0.890. The van der Waals surface area contributed by atoms with Crippen molar-refractivity contribution in [2.75, 3.05) is 0 Å². The van der Waals surface area contributed by atoms with Crippen LogP contribution in [0.25, 0.3) is 0 Å². The molecule has 1 radical (unpaired) electrons. The molecule has 1 aromatic rings. The summed E-state index contributed by atoms with van der Waals surface area (Å²) < 4.78 is 12.6. The van der Waals surface area contributed by atoms with Gasteiger partial charge < -0.3 is 5.11 Å². The molecule has 0 aliphatic rings. The molecule has 0 aliphatic carbocycles. The monoisotopic (exact) mass is 153 g/mol. The summed E-state index contributed by atoms with van der Waals surface area (Å²) in [5, 5.41) is 8.77. The smallest absolute Gasteiger partial charge is 0.123 e. The van der Waals surface area contributed by atoms with Crippen LogP contribution in [0, 0.1) is 19.7 Å². The van der Waals surface area contributed by atoms with E-state index in [9.17, 15) is 4.39 Å². The molecule has 11 heavy (non-hydrogen) atoms. The fraction of sp³-hybridized carbons (Fsp3) is 0.222. The third-order valence-corrected chi connectivity index (χ3v) is 1.76. The van der Waals surface area contributed by atoms with Gasteiger partial charge in [-0.05, 0) is 42.7 Å². The summed E-state index contributed by atoms with van der Waals surface area (Å²) in [5.74, 6) is -0.343. The van der Waals surface area contributed by atoms with Crippen LogP contribution in [0.4, 0.5) is 4.39 Å². The Kier molecular flexibility index (Phi) is 2.25. The van der Waals surface area contributed by atoms with Crippen molar-refractivity contribution in [2.45, 2.75) is 13.5 Å². The minimum atomic E-state index is -0.343. The molecule has 0 bridgehead atoms. The maximum absolute atomic E-state index is 12.6. The van der Waals surface area contributed by atoms with Gasteiger partial charge in [0.25, 0.3) is 0 Å². The van der Waals surface area contributed by atoms with E-state index in [4.69, 9.17) is 5.11 Å². The molecule has 0 spiro atoms. The first-order valence-electron chi connectivity index (χ1n) is 3.37. The van der Waals surface area contributed by atoms with Gasteiger partial charge in [0.05, 0.1) is 6.61 Å². The van der Waals surface area contributed by atoms with E-state index in [2.05, 4.69) is 6.92 Å². The van der Waals surface area contributed by atoms with Crippen LogP contribution in [0.3, 0.4) is 0 Å². The summed E-state index contributed by atoms with van der Waals surface area (Å²) in [4.78, 5) is 0. The van der Waals surface area contributed by atoms with Gasteiger partial charge in [-0.25, -0.2) is 4.39 Å². The maximum Gasteiger partial charge on any atom is 0.123 e. The number of benzene rings is 1. The van der Waals surface area contributed by atoms with Crippen LogP contribution in [0.5, 0.6) is 0 Å². The summed E-state index contributed by atoms with van der Waals surface area (Å²) in [5.41, 5.74) is 2.10. The van der Waals surface area contributed by atoms with Gasteiger partial charge in [0.2, 0.25) is 0 Å². The van der Waals surface area contributed by atoms with Gasteiger partial charge in [-0.2, -0.15) is 0 Å². The number of halogens is 1. The van der Waals surface area contributed by atoms with Crippen LogP contribution in [0.1, 0.15) is 16.7 Å². The molecule has 2 heteroatoms. The van der Waals surface area contributed by atoms with E-state index in [1.165, 1.54) is 12.1 Å². The zero-order valence-electron chi connectivity index (χ0n) is 6.39. The second-order valence-electron chi connectivity index (χ2n) is 2.51. The number of rotatable bonds is 1. The van der Waals surface area contributed by atoms with Crippen molar-refractivity contribution in [3.8, 4) is 0 Å². The van der Waals surface area contributed by atoms with Gasteiger partial charge >= 0.3 is 0 Å². The van der Waals surface area contributed by atoms with E-state index in [1.54, 1.807) is 0 Å². The van der Waals surface area contributed by atoms with E-state index in [0.717, 1.165) is 5.56 Å². The lowest BCUT2D eigenvalue weighted by Crippen LogP contribution is -1.93. The second-order valence-corrected chi connectivity index (χ2v) is 2.51. The highest BCUT2D eigenvalue weighted by molar-refractivity contribution is 5.36. The fourth-order valence-electron chi connectivity index (χ4n) is 0.962. The zero-order valence-corrected chi connectivity index (χ0v) is 6.39. The van der Waals surface area contributed by atoms with E-state index in [0.29, 0.717) is 11.1 Å². The van der Waals surface area contributed by atoms with Crippen LogP contribution >= 0.6 is 0 Å². The molecule has 0 aliphatic heterocycles. The summed E-state index contributed by atoms with van der Waals surface area (Å²) in [6.45, 7) is 5.32. The zero-order chi connectivity index (χ0) is 8.43. The molecule has 0 atom stereocenters. The Balaban J connectivity index is 3.24. The standard InChI is InChI=1S/C9H10FO/c1-6-3-9(10)4-8(5-11)7(6)2/h3-4,11H,1,5H2,2H3. The first-order valence-corrected chi connectivity index (χ1v) is 3.37. The lowest BCUT2D eigenvalue weighted by molar-refractivity contribution is 0.280. The van der Waals surface area contributed by atoms with E-state index < -0.39 is 0 Å². The molecule has 1 aromatic carbocycles. The molecule has 0 unspecified atom stereocenters. The van der Waals surface area contributed by atoms with E-state index in [1.807, 2.05) is 6.92 Å². The molecule has 1 rings (SSSR count). The third-order valence-electron chi connectivity index (χ3n) is 1.76. The van der Waals surface area contributed by atoms with Crippen molar-refractivity contribution in [2.24, 2.45) is 0 Å². The first kappa shape index (κ1) is 8.21. The lowest BCUT2D eigenvalue weighted by atomic mass is 10.0. The molecular formula is C9H10FO. The van der Waals surface area contributed by atoms with Crippen molar-refractivity contribution in [1.82, 2.24) is 0 Å². The molecule has 0 heterocycles. The second kappa shape index (κ2) is 3.01. The van der Waals surface area contributed by atoms with Crippen molar-refractivity contribution >= 4 is 0 Å². The van der Waals surface area contributed by atoms with Crippen molar-refractivity contribution < 1.29 is 9.50 Å². The topological polar surface area (TPSA) is 20.2 Å². The SMILES string of the molecule is [CH2]c1cc(F)cc(CO)c1C. The normalized spacial score (nSPS) is 10.2. The molecule has 0 saturated carbocycles. The van der Waals surface area contributed by atoms with Gasteiger partial charge in [0, 0.05) is 0 Å². The summed E-state index contributed by atoms with van der Waals surface area (Å²) in [6.07, 6.45) is 0. The highest BCUT2D eigenvalue weighted by Gasteiger charge is 2.02. The fourth-order valence-corrected chi connectivity index (χ4v) is 0.962. The Morgan fingerprint density at radius 1 is 1.55 bits per heavy atom. The van der Waals surface area contributed by atoms with Crippen molar-refractivity contribution in [3.05, 3.63) is 41.6 Å². The Labute approximate surface area is 65.5 Å². The third kappa shape index (κ3) is 1.57. The highest BCUT2D eigenvalue weighted by atomic mass is 19.1. The van der Waals surface area contributed by atoms with E-state index in [-0.39, 0.29) is 12.4 Å². The highest BCUT2D eigenvalue weighted by Crippen LogP contribution is 2.14. The van der Waals surface area contributed by atoms with Gasteiger partial charge in [0.15, 0.2) is 0 Å². The van der Waals surface area contributed by atoms with Gasteiger partial charge in [-0.3, -0.25) is 0 Å². The maximum atomic E-state index is 12.6. The summed E-state index contributed by atoms with van der Waals surface area (Å²) in [6, 6.07) is 2.68. The Bertz CT molecular complexity index is 269. The van der Waals surface area contributed by atoms with Crippen LogP contribution in [-0.4, -0.2) is 5.11 Å². The first-order chi connectivity index (χ1) is 5.15. The van der Waals surface area contributed by atoms with Crippen LogP contribution < -0.4 is 0 Å². The molecule has 59 valence electrons. The van der Waals surface area contributed by atoms with Gasteiger partial charge in [-0.1, -0.05) is 0 Å². The summed E-state index contributed by atoms with van der Waals surface area (Å²) in [7, 11) is 0. The molecule has 0 amide bonds. The van der Waals surface area contributed by atoms with E-state index >= 15 is 0 Å². The number of hydrogen-bond acceptors (Lipinski definition) is 1. The minimum absolute atomic E-state index is 0.133. The summed E-state index contributed by atoms with van der Waals surface area (Å²) >= 11 is 0. The predicted molar refractivity (Wildman–Crippen MR) is 41.5 cm³/mol. The Morgan fingerprint density at radius 2 is 2.18 bits per heavy atom. The average molecular weight is 153 g/mol. The number of aliphatic hydroxyl groups is 1. The average Bonchev–Trinajstić information content (AvgIpc) is 1.96. The molecule has 1 N–H and O–H groups in total. The Morgan fingerprint density at radius 3 is 2.73 bits per heavy atom. The van der Waals surface area contributed by atoms with Gasteiger partial charge in [-0.15, -0.1) is 0 Å². The number of hydrogen-bond donors (Lipinski definition) is 1. The van der Waals surface area contributed by atoms with Crippen molar-refractivity contribution in [3.63, 3.8) is 0 Å². The molecule has 0 fully saturated rings. The molecule has 0 aromatic heterocycles. The van der Waals surface area contributed by atoms with Gasteiger partial charge in [0.1, 0.15) is 5.82 Å². The molecule has 1 nitrogen and oxygen atoms in total. The number of aliphatic hydroxyl groups excluding tert-OH is 1.